The van der Waals surface area contributed by atoms with E-state index in [1.165, 1.54) is 19.2 Å². The van der Waals surface area contributed by atoms with Crippen LogP contribution in [-0.2, 0) is 9.53 Å². The van der Waals surface area contributed by atoms with Crippen molar-refractivity contribution in [1.29, 1.82) is 0 Å². The minimum Gasteiger partial charge on any atom is -0.467 e. The second kappa shape index (κ2) is 5.00. The van der Waals surface area contributed by atoms with Gasteiger partial charge in [-0.2, -0.15) is 0 Å². The number of esters is 1. The molecule has 0 fully saturated rings. The molecule has 0 amide bonds. The summed E-state index contributed by atoms with van der Waals surface area (Å²) in [6.07, 6.45) is 3.29. The fourth-order valence-corrected chi connectivity index (χ4v) is 1.73. The average Bonchev–Trinajstić information content (AvgIpc) is 2.87. The number of halogens is 1. The second-order valence-electron chi connectivity index (χ2n) is 3.86. The normalized spacial score (nSPS) is 12.2. The topological polar surface area (TPSA) is 44.1 Å². The Balaban J connectivity index is 2.38. The molecule has 0 spiro atoms. The Hall–Kier alpha value is -2.17. The first-order chi connectivity index (χ1) is 8.63. The number of aromatic nitrogens is 2. The van der Waals surface area contributed by atoms with Crippen molar-refractivity contribution >= 4 is 5.97 Å². The Morgan fingerprint density at radius 1 is 1.39 bits per heavy atom. The molecule has 4 nitrogen and oxygen atoms in total. The molecule has 1 aromatic carbocycles. The molecule has 0 radical (unpaired) electrons. The number of carbonyl (C=O) groups excluding carboxylic acids is 1. The fourth-order valence-electron chi connectivity index (χ4n) is 1.73. The molecule has 0 aliphatic rings. The van der Waals surface area contributed by atoms with Gasteiger partial charge in [0, 0.05) is 18.0 Å². The molecule has 0 bridgehead atoms. The van der Waals surface area contributed by atoms with Crippen molar-refractivity contribution < 1.29 is 13.9 Å². The average molecular weight is 248 g/mol. The van der Waals surface area contributed by atoms with Gasteiger partial charge in [0.1, 0.15) is 17.7 Å². The van der Waals surface area contributed by atoms with Gasteiger partial charge < -0.3 is 9.30 Å². The third kappa shape index (κ3) is 2.25. The molecule has 1 heterocycles. The van der Waals surface area contributed by atoms with Crippen molar-refractivity contribution in [3.05, 3.63) is 42.5 Å². The molecule has 5 heteroatoms. The molecule has 1 unspecified atom stereocenters. The van der Waals surface area contributed by atoms with Crippen LogP contribution in [0.3, 0.4) is 0 Å². The number of hydrogen-bond donors (Lipinski definition) is 0. The predicted octanol–water partition coefficient (Wildman–Crippen LogP) is 2.42. The molecule has 2 rings (SSSR count). The Kier molecular flexibility index (Phi) is 3.41. The van der Waals surface area contributed by atoms with Crippen molar-refractivity contribution in [3.63, 3.8) is 0 Å². The first kappa shape index (κ1) is 12.3. The first-order valence-electron chi connectivity index (χ1n) is 5.50. The van der Waals surface area contributed by atoms with Gasteiger partial charge in [0.2, 0.25) is 0 Å². The zero-order valence-electron chi connectivity index (χ0n) is 10.1. The summed E-state index contributed by atoms with van der Waals surface area (Å²) in [7, 11) is 1.34. The number of methoxy groups -OCH3 is 1. The highest BCUT2D eigenvalue weighted by molar-refractivity contribution is 5.74. The van der Waals surface area contributed by atoms with Crippen LogP contribution < -0.4 is 0 Å². The van der Waals surface area contributed by atoms with Gasteiger partial charge in [-0.1, -0.05) is 0 Å². The summed E-state index contributed by atoms with van der Waals surface area (Å²) in [5.74, 6) is -0.0536. The van der Waals surface area contributed by atoms with E-state index in [1.54, 1.807) is 36.0 Å². The summed E-state index contributed by atoms with van der Waals surface area (Å²) in [4.78, 5) is 15.7. The number of nitrogens with zero attached hydrogens (tertiary/aromatic N) is 2. The zero-order valence-corrected chi connectivity index (χ0v) is 10.1. The van der Waals surface area contributed by atoms with E-state index in [0.29, 0.717) is 5.82 Å². The van der Waals surface area contributed by atoms with Crippen LogP contribution in [0.2, 0.25) is 0 Å². The smallest absolute Gasteiger partial charge is 0.328 e. The zero-order chi connectivity index (χ0) is 13.1. The minimum absolute atomic E-state index is 0.308. The highest BCUT2D eigenvalue weighted by atomic mass is 19.1. The maximum atomic E-state index is 12.9. The van der Waals surface area contributed by atoms with Gasteiger partial charge in [0.05, 0.1) is 7.11 Å². The van der Waals surface area contributed by atoms with Gasteiger partial charge in [-0.25, -0.2) is 14.2 Å². The Morgan fingerprint density at radius 2 is 2.06 bits per heavy atom. The van der Waals surface area contributed by atoms with Crippen LogP contribution in [0.15, 0.2) is 36.7 Å². The summed E-state index contributed by atoms with van der Waals surface area (Å²) in [6, 6.07) is 5.49. The molecule has 0 saturated heterocycles. The van der Waals surface area contributed by atoms with E-state index in [0.717, 1.165) is 5.56 Å². The molecular formula is C13H13FN2O2. The largest absolute Gasteiger partial charge is 0.467 e. The van der Waals surface area contributed by atoms with E-state index in [-0.39, 0.29) is 11.8 Å². The van der Waals surface area contributed by atoms with Crippen LogP contribution in [0, 0.1) is 5.82 Å². The predicted molar refractivity (Wildman–Crippen MR) is 64.3 cm³/mol. The van der Waals surface area contributed by atoms with Gasteiger partial charge in [0.15, 0.2) is 0 Å². The molecule has 0 saturated carbocycles. The van der Waals surface area contributed by atoms with Gasteiger partial charge in [0.25, 0.3) is 0 Å². The highest BCUT2D eigenvalue weighted by Crippen LogP contribution is 2.21. The fraction of sp³-hybridized carbons (Fsp3) is 0.231. The molecule has 0 aliphatic heterocycles. The standard InChI is InChI=1S/C13H13FN2O2/c1-9(13(17)18-2)16-8-7-15-12(16)10-3-5-11(14)6-4-10/h3-9H,1-2H3. The van der Waals surface area contributed by atoms with Crippen LogP contribution in [-0.4, -0.2) is 22.6 Å². The Bertz CT molecular complexity index is 548. The number of rotatable bonds is 3. The van der Waals surface area contributed by atoms with Gasteiger partial charge in [-0.05, 0) is 31.2 Å². The number of carbonyl (C=O) groups is 1. The first-order valence-corrected chi connectivity index (χ1v) is 5.50. The SMILES string of the molecule is COC(=O)C(C)n1ccnc1-c1ccc(F)cc1. The van der Waals surface area contributed by atoms with E-state index in [4.69, 9.17) is 4.74 Å². The maximum absolute atomic E-state index is 12.9. The van der Waals surface area contributed by atoms with E-state index < -0.39 is 6.04 Å². The molecule has 94 valence electrons. The Labute approximate surface area is 104 Å². The van der Waals surface area contributed by atoms with Gasteiger partial charge in [-0.15, -0.1) is 0 Å². The quantitative estimate of drug-likeness (QED) is 0.783. The summed E-state index contributed by atoms with van der Waals surface area (Å²) >= 11 is 0. The second-order valence-corrected chi connectivity index (χ2v) is 3.86. The van der Waals surface area contributed by atoms with Crippen molar-refractivity contribution in [2.45, 2.75) is 13.0 Å². The van der Waals surface area contributed by atoms with E-state index in [9.17, 15) is 9.18 Å². The number of hydrogen-bond acceptors (Lipinski definition) is 3. The van der Waals surface area contributed by atoms with E-state index >= 15 is 0 Å². The lowest BCUT2D eigenvalue weighted by Gasteiger charge is -2.14. The monoisotopic (exact) mass is 248 g/mol. The van der Waals surface area contributed by atoms with Gasteiger partial charge in [-0.3, -0.25) is 0 Å². The van der Waals surface area contributed by atoms with Crippen LogP contribution >= 0.6 is 0 Å². The maximum Gasteiger partial charge on any atom is 0.328 e. The summed E-state index contributed by atoms with van der Waals surface area (Å²) < 4.78 is 19.3. The third-order valence-electron chi connectivity index (χ3n) is 2.73. The van der Waals surface area contributed by atoms with Crippen molar-refractivity contribution in [1.82, 2.24) is 9.55 Å². The Morgan fingerprint density at radius 3 is 2.67 bits per heavy atom. The molecule has 18 heavy (non-hydrogen) atoms. The van der Waals surface area contributed by atoms with Crippen molar-refractivity contribution in [2.24, 2.45) is 0 Å². The number of imidazole rings is 1. The molecule has 2 aromatic rings. The summed E-state index contributed by atoms with van der Waals surface area (Å²) in [6.45, 7) is 1.72. The lowest BCUT2D eigenvalue weighted by atomic mass is 10.2. The molecular weight excluding hydrogens is 235 g/mol. The van der Waals surface area contributed by atoms with Crippen molar-refractivity contribution in [2.75, 3.05) is 7.11 Å². The summed E-state index contributed by atoms with van der Waals surface area (Å²) in [5, 5.41) is 0. The number of ether oxygens (including phenoxy) is 1. The van der Waals surface area contributed by atoms with Crippen molar-refractivity contribution in [3.8, 4) is 11.4 Å². The van der Waals surface area contributed by atoms with Gasteiger partial charge >= 0.3 is 5.97 Å². The lowest BCUT2D eigenvalue weighted by molar-refractivity contribution is -0.143. The van der Waals surface area contributed by atoms with E-state index in [2.05, 4.69) is 4.98 Å². The highest BCUT2D eigenvalue weighted by Gasteiger charge is 2.18. The number of benzene rings is 1. The lowest BCUT2D eigenvalue weighted by Crippen LogP contribution is -2.18. The van der Waals surface area contributed by atoms with Crippen LogP contribution in [0.4, 0.5) is 4.39 Å². The minimum atomic E-state index is -0.474. The summed E-state index contributed by atoms with van der Waals surface area (Å²) in [5.41, 5.74) is 0.747. The molecule has 0 aliphatic carbocycles. The van der Waals surface area contributed by atoms with Crippen LogP contribution in [0.25, 0.3) is 11.4 Å². The van der Waals surface area contributed by atoms with E-state index in [1.807, 2.05) is 0 Å². The van der Waals surface area contributed by atoms with Crippen LogP contribution in [0.1, 0.15) is 13.0 Å². The molecule has 0 N–H and O–H groups in total. The van der Waals surface area contributed by atoms with Crippen LogP contribution in [0.5, 0.6) is 0 Å². The molecule has 1 aromatic heterocycles. The third-order valence-corrected chi connectivity index (χ3v) is 2.73. The molecule has 1 atom stereocenters.